The second-order valence-corrected chi connectivity index (χ2v) is 8.47. The highest BCUT2D eigenvalue weighted by Gasteiger charge is 2.30. The van der Waals surface area contributed by atoms with Gasteiger partial charge >= 0.3 is 0 Å². The lowest BCUT2D eigenvalue weighted by atomic mass is 10.2. The van der Waals surface area contributed by atoms with Gasteiger partial charge in [0, 0.05) is 10.0 Å². The Morgan fingerprint density at radius 2 is 1.64 bits per heavy atom. The van der Waals surface area contributed by atoms with Crippen LogP contribution in [0.3, 0.4) is 0 Å². The summed E-state index contributed by atoms with van der Waals surface area (Å²) >= 11 is 17.9. The monoisotopic (exact) mass is 420 g/mol. The Morgan fingerprint density at radius 1 is 1.08 bits per heavy atom. The summed E-state index contributed by atoms with van der Waals surface area (Å²) in [5.41, 5.74) is 0.584. The van der Waals surface area contributed by atoms with E-state index in [2.05, 4.69) is 5.32 Å². The van der Waals surface area contributed by atoms with Crippen LogP contribution in [0.2, 0.25) is 15.1 Å². The van der Waals surface area contributed by atoms with Crippen molar-refractivity contribution >= 4 is 62.1 Å². The average molecular weight is 422 g/mol. The number of hydrogen-bond acceptors (Lipinski definition) is 3. The molecule has 0 saturated carbocycles. The molecule has 0 spiro atoms. The molecule has 1 atom stereocenters. The van der Waals surface area contributed by atoms with Crippen LogP contribution in [0.15, 0.2) is 42.5 Å². The largest absolute Gasteiger partial charge is 0.323 e. The number of anilines is 2. The second kappa shape index (κ2) is 7.83. The van der Waals surface area contributed by atoms with Gasteiger partial charge in [0.2, 0.25) is 15.9 Å². The number of carbonyl (C=O) groups excluding carboxylic acids is 1. The van der Waals surface area contributed by atoms with Gasteiger partial charge < -0.3 is 5.32 Å². The van der Waals surface area contributed by atoms with Gasteiger partial charge in [0.1, 0.15) is 6.04 Å². The van der Waals surface area contributed by atoms with Crippen LogP contribution in [0.25, 0.3) is 0 Å². The minimum absolute atomic E-state index is 0.196. The van der Waals surface area contributed by atoms with Crippen LogP contribution in [0.1, 0.15) is 6.92 Å². The van der Waals surface area contributed by atoms with Gasteiger partial charge in [-0.1, -0.05) is 46.9 Å². The highest BCUT2D eigenvalue weighted by molar-refractivity contribution is 7.92. The number of amides is 1. The zero-order valence-corrected chi connectivity index (χ0v) is 16.4. The lowest BCUT2D eigenvalue weighted by molar-refractivity contribution is -0.116. The third-order valence-electron chi connectivity index (χ3n) is 3.32. The number of halogens is 3. The molecule has 0 aliphatic rings. The SMILES string of the molecule is C[C@H](C(=O)Nc1ccccc1Cl)N(c1cc(Cl)cc(Cl)c1)S(C)(=O)=O. The zero-order valence-electron chi connectivity index (χ0n) is 13.3. The van der Waals surface area contributed by atoms with Crippen molar-refractivity contribution in [2.45, 2.75) is 13.0 Å². The predicted molar refractivity (Wildman–Crippen MR) is 103 cm³/mol. The van der Waals surface area contributed by atoms with Crippen molar-refractivity contribution in [1.82, 2.24) is 0 Å². The molecule has 0 aliphatic heterocycles. The molecule has 0 saturated heterocycles. The predicted octanol–water partition coefficient (Wildman–Crippen LogP) is 4.44. The van der Waals surface area contributed by atoms with E-state index in [-0.39, 0.29) is 15.7 Å². The number of nitrogens with one attached hydrogen (secondary N) is 1. The molecule has 0 unspecified atom stereocenters. The molecule has 2 aromatic rings. The Labute approximate surface area is 161 Å². The summed E-state index contributed by atoms with van der Waals surface area (Å²) in [6.45, 7) is 1.46. The summed E-state index contributed by atoms with van der Waals surface area (Å²) in [5, 5.41) is 3.48. The van der Waals surface area contributed by atoms with Gasteiger partial charge in [-0.2, -0.15) is 0 Å². The quantitative estimate of drug-likeness (QED) is 0.776. The summed E-state index contributed by atoms with van der Waals surface area (Å²) in [4.78, 5) is 12.6. The van der Waals surface area contributed by atoms with Crippen molar-refractivity contribution in [3.63, 3.8) is 0 Å². The first-order chi connectivity index (χ1) is 11.6. The van der Waals surface area contributed by atoms with E-state index < -0.39 is 22.0 Å². The molecule has 0 aromatic heterocycles. The molecule has 5 nitrogen and oxygen atoms in total. The third kappa shape index (κ3) is 5.01. The van der Waals surface area contributed by atoms with Crippen LogP contribution >= 0.6 is 34.8 Å². The normalized spacial score (nSPS) is 12.5. The van der Waals surface area contributed by atoms with E-state index in [1.165, 1.54) is 25.1 Å². The molecule has 2 rings (SSSR count). The fourth-order valence-electron chi connectivity index (χ4n) is 2.28. The molecule has 9 heteroatoms. The van der Waals surface area contributed by atoms with E-state index in [9.17, 15) is 13.2 Å². The first-order valence-corrected chi connectivity index (χ1v) is 10.1. The van der Waals surface area contributed by atoms with Crippen LogP contribution in [0.4, 0.5) is 11.4 Å². The van der Waals surface area contributed by atoms with E-state index >= 15 is 0 Å². The second-order valence-electron chi connectivity index (χ2n) is 5.33. The van der Waals surface area contributed by atoms with E-state index in [1.807, 2.05) is 0 Å². The molecule has 0 heterocycles. The maximum Gasteiger partial charge on any atom is 0.248 e. The van der Waals surface area contributed by atoms with E-state index in [4.69, 9.17) is 34.8 Å². The molecular formula is C16H15Cl3N2O3S. The number of sulfonamides is 1. The lowest BCUT2D eigenvalue weighted by Gasteiger charge is -2.28. The fourth-order valence-corrected chi connectivity index (χ4v) is 4.13. The Kier molecular flexibility index (Phi) is 6.21. The molecule has 1 amide bonds. The van der Waals surface area contributed by atoms with Gasteiger partial charge in [-0.15, -0.1) is 0 Å². The maximum absolute atomic E-state index is 12.6. The van der Waals surface area contributed by atoms with Crippen molar-refractivity contribution in [2.24, 2.45) is 0 Å². The molecule has 25 heavy (non-hydrogen) atoms. The van der Waals surface area contributed by atoms with Crippen LogP contribution in [0, 0.1) is 0 Å². The van der Waals surface area contributed by atoms with Crippen molar-refractivity contribution in [3.05, 3.63) is 57.5 Å². The van der Waals surface area contributed by atoms with Gasteiger partial charge in [-0.05, 0) is 37.3 Å². The number of benzene rings is 2. The molecule has 2 aromatic carbocycles. The molecule has 134 valence electrons. The van der Waals surface area contributed by atoms with Crippen molar-refractivity contribution in [3.8, 4) is 0 Å². The van der Waals surface area contributed by atoms with E-state index in [0.717, 1.165) is 10.6 Å². The van der Waals surface area contributed by atoms with Crippen LogP contribution < -0.4 is 9.62 Å². The number of para-hydroxylation sites is 1. The van der Waals surface area contributed by atoms with Crippen molar-refractivity contribution in [1.29, 1.82) is 0 Å². The molecule has 0 radical (unpaired) electrons. The Hall–Kier alpha value is -1.47. The van der Waals surface area contributed by atoms with Gasteiger partial charge in [0.25, 0.3) is 0 Å². The molecule has 1 N–H and O–H groups in total. The molecule has 0 fully saturated rings. The molecular weight excluding hydrogens is 407 g/mol. The summed E-state index contributed by atoms with van der Waals surface area (Å²) < 4.78 is 25.5. The van der Waals surface area contributed by atoms with Crippen molar-refractivity contribution in [2.75, 3.05) is 15.9 Å². The molecule has 0 aliphatic carbocycles. The average Bonchev–Trinajstić information content (AvgIpc) is 2.47. The van der Waals surface area contributed by atoms with Gasteiger partial charge in [-0.25, -0.2) is 8.42 Å². The third-order valence-corrected chi connectivity index (χ3v) is 5.33. The first-order valence-electron chi connectivity index (χ1n) is 7.10. The van der Waals surface area contributed by atoms with Crippen LogP contribution in [-0.2, 0) is 14.8 Å². The number of nitrogens with zero attached hydrogens (tertiary/aromatic N) is 1. The summed E-state index contributed by atoms with van der Waals surface area (Å²) in [7, 11) is -3.78. The highest BCUT2D eigenvalue weighted by Crippen LogP contribution is 2.29. The summed E-state index contributed by atoms with van der Waals surface area (Å²) in [6, 6.07) is 9.93. The maximum atomic E-state index is 12.6. The van der Waals surface area contributed by atoms with Gasteiger partial charge in [0.05, 0.1) is 22.7 Å². The minimum atomic E-state index is -3.78. The van der Waals surface area contributed by atoms with E-state index in [0.29, 0.717) is 10.7 Å². The fraction of sp³-hybridized carbons (Fsp3) is 0.188. The summed E-state index contributed by atoms with van der Waals surface area (Å²) in [5.74, 6) is -0.547. The van der Waals surface area contributed by atoms with Gasteiger partial charge in [-0.3, -0.25) is 9.10 Å². The topological polar surface area (TPSA) is 66.5 Å². The minimum Gasteiger partial charge on any atom is -0.323 e. The van der Waals surface area contributed by atoms with Crippen LogP contribution in [-0.4, -0.2) is 26.6 Å². The summed E-state index contributed by atoms with van der Waals surface area (Å²) in [6.07, 6.45) is 1.00. The Balaban J connectivity index is 2.38. The van der Waals surface area contributed by atoms with Crippen LogP contribution in [0.5, 0.6) is 0 Å². The van der Waals surface area contributed by atoms with E-state index in [1.54, 1.807) is 24.3 Å². The standard InChI is InChI=1S/C16H15Cl3N2O3S/c1-10(16(22)20-15-6-4-3-5-14(15)19)21(25(2,23)24)13-8-11(17)7-12(18)9-13/h3-10H,1-2H3,(H,20,22)/t10-/m1/s1. The van der Waals surface area contributed by atoms with Gasteiger partial charge in [0.15, 0.2) is 0 Å². The Morgan fingerprint density at radius 3 is 2.16 bits per heavy atom. The number of carbonyl (C=O) groups is 1. The smallest absolute Gasteiger partial charge is 0.248 e. The first kappa shape index (κ1) is 19.8. The number of rotatable bonds is 5. The lowest BCUT2D eigenvalue weighted by Crippen LogP contribution is -2.45. The highest BCUT2D eigenvalue weighted by atomic mass is 35.5. The zero-order chi connectivity index (χ0) is 18.8. The number of hydrogen-bond donors (Lipinski definition) is 1. The molecule has 0 bridgehead atoms. The van der Waals surface area contributed by atoms with Crippen molar-refractivity contribution < 1.29 is 13.2 Å². The Bertz CT molecular complexity index is 883.